The number of amides is 1. The molecule has 25 heavy (non-hydrogen) atoms. The lowest BCUT2D eigenvalue weighted by molar-refractivity contribution is -0.380. The zero-order valence-electron chi connectivity index (χ0n) is 13.8. The lowest BCUT2D eigenvalue weighted by atomic mass is 10.1. The van der Waals surface area contributed by atoms with E-state index in [0.717, 1.165) is 21.8 Å². The molecule has 2 rings (SSSR count). The van der Waals surface area contributed by atoms with Crippen LogP contribution in [0, 0.1) is 24.0 Å². The second kappa shape index (κ2) is 8.04. The Hall–Kier alpha value is -2.52. The van der Waals surface area contributed by atoms with Gasteiger partial charge in [0.05, 0.1) is 17.1 Å². The molecule has 1 N–H and O–H groups in total. The van der Waals surface area contributed by atoms with E-state index in [2.05, 4.69) is 5.32 Å². The van der Waals surface area contributed by atoms with Crippen LogP contribution in [0.5, 0.6) is 0 Å². The number of rotatable bonds is 6. The Morgan fingerprint density at radius 2 is 2.04 bits per heavy atom. The zero-order valence-corrected chi connectivity index (χ0v) is 15.5. The van der Waals surface area contributed by atoms with Gasteiger partial charge in [-0.1, -0.05) is 11.3 Å². The van der Waals surface area contributed by atoms with Gasteiger partial charge in [-0.2, -0.15) is 0 Å². The van der Waals surface area contributed by atoms with Crippen molar-refractivity contribution in [3.8, 4) is 0 Å². The normalized spacial score (nSPS) is 10.8. The molecule has 2 aromatic rings. The summed E-state index contributed by atoms with van der Waals surface area (Å²) in [7, 11) is 0. The fourth-order valence-electron chi connectivity index (χ4n) is 2.01. The summed E-state index contributed by atoms with van der Waals surface area (Å²) >= 11 is 2.27. The van der Waals surface area contributed by atoms with Crippen LogP contribution in [0.1, 0.15) is 32.6 Å². The summed E-state index contributed by atoms with van der Waals surface area (Å²) in [5.74, 6) is -0.902. The van der Waals surface area contributed by atoms with Crippen LogP contribution in [-0.4, -0.2) is 23.4 Å². The number of ether oxygens (including phenoxy) is 1. The van der Waals surface area contributed by atoms with Crippen LogP contribution < -0.4 is 5.32 Å². The number of nitrogens with one attached hydrogen (secondary N) is 1. The summed E-state index contributed by atoms with van der Waals surface area (Å²) < 4.78 is 5.04. The van der Waals surface area contributed by atoms with Gasteiger partial charge in [-0.15, -0.1) is 11.3 Å². The Morgan fingerprint density at radius 1 is 1.32 bits per heavy atom. The van der Waals surface area contributed by atoms with Crippen molar-refractivity contribution in [3.63, 3.8) is 0 Å². The monoisotopic (exact) mass is 380 g/mol. The van der Waals surface area contributed by atoms with Crippen molar-refractivity contribution in [1.29, 1.82) is 0 Å². The second-order valence-electron chi connectivity index (χ2n) is 4.96. The summed E-state index contributed by atoms with van der Waals surface area (Å²) in [6.07, 6.45) is 2.76. The van der Waals surface area contributed by atoms with E-state index < -0.39 is 16.8 Å². The summed E-state index contributed by atoms with van der Waals surface area (Å²) in [5.41, 5.74) is 1.13. The van der Waals surface area contributed by atoms with Crippen molar-refractivity contribution < 1.29 is 19.2 Å². The first-order chi connectivity index (χ1) is 11.8. The number of esters is 1. The van der Waals surface area contributed by atoms with Gasteiger partial charge >= 0.3 is 11.0 Å². The van der Waals surface area contributed by atoms with Gasteiger partial charge in [-0.25, -0.2) is 4.79 Å². The summed E-state index contributed by atoms with van der Waals surface area (Å²) in [6.45, 7) is 5.62. The van der Waals surface area contributed by atoms with Gasteiger partial charge in [0.15, 0.2) is 0 Å². The Bertz CT molecular complexity index is 851. The minimum Gasteiger partial charge on any atom is -0.462 e. The molecule has 0 aliphatic heterocycles. The number of anilines is 1. The number of nitro groups is 1. The first-order valence-electron chi connectivity index (χ1n) is 7.33. The molecule has 7 nitrogen and oxygen atoms in total. The third-order valence-electron chi connectivity index (χ3n) is 3.29. The SMILES string of the molecule is CCOC(=O)c1c(NC(=O)/C=C/c2ccc([N+](=O)[O-])s2)sc(C)c1C. The molecule has 0 bridgehead atoms. The highest BCUT2D eigenvalue weighted by Gasteiger charge is 2.21. The standard InChI is InChI=1S/C16H16N2O5S2/c1-4-23-16(20)14-9(2)10(3)24-15(14)17-12(19)7-5-11-6-8-13(25-11)18(21)22/h5-8H,4H2,1-3H3,(H,17,19)/b7-5+. The molecule has 0 atom stereocenters. The number of hydrogen-bond donors (Lipinski definition) is 1. The van der Waals surface area contributed by atoms with Gasteiger partial charge in [-0.3, -0.25) is 14.9 Å². The molecule has 2 heterocycles. The zero-order chi connectivity index (χ0) is 18.6. The number of carbonyl (C=O) groups is 2. The average Bonchev–Trinajstić information content (AvgIpc) is 3.11. The predicted molar refractivity (Wildman–Crippen MR) is 98.4 cm³/mol. The molecule has 0 saturated heterocycles. The number of nitrogens with zero attached hydrogens (tertiary/aromatic N) is 1. The molecule has 9 heteroatoms. The first kappa shape index (κ1) is 18.8. The molecule has 0 aliphatic carbocycles. The van der Waals surface area contributed by atoms with E-state index in [1.54, 1.807) is 19.9 Å². The van der Waals surface area contributed by atoms with E-state index in [1.165, 1.54) is 29.6 Å². The van der Waals surface area contributed by atoms with Crippen LogP contribution in [0.2, 0.25) is 0 Å². The molecule has 0 aromatic carbocycles. The highest BCUT2D eigenvalue weighted by atomic mass is 32.1. The Labute approximate surface area is 152 Å². The van der Waals surface area contributed by atoms with Gasteiger partial charge in [0, 0.05) is 21.9 Å². The quantitative estimate of drug-likeness (QED) is 0.351. The van der Waals surface area contributed by atoms with Gasteiger partial charge in [0.1, 0.15) is 5.00 Å². The van der Waals surface area contributed by atoms with Crippen molar-refractivity contribution in [2.45, 2.75) is 20.8 Å². The molecule has 132 valence electrons. The maximum Gasteiger partial charge on any atom is 0.341 e. The summed E-state index contributed by atoms with van der Waals surface area (Å²) in [5, 5.41) is 13.8. The van der Waals surface area contributed by atoms with Gasteiger partial charge in [0.2, 0.25) is 5.91 Å². The van der Waals surface area contributed by atoms with Crippen LogP contribution in [0.3, 0.4) is 0 Å². The topological polar surface area (TPSA) is 98.5 Å². The smallest absolute Gasteiger partial charge is 0.341 e. The molecule has 0 aliphatic rings. The maximum atomic E-state index is 12.1. The molecule has 0 fully saturated rings. The molecular formula is C16H16N2O5S2. The minimum atomic E-state index is -0.481. The molecule has 0 radical (unpaired) electrons. The molecule has 2 aromatic heterocycles. The lowest BCUT2D eigenvalue weighted by Gasteiger charge is -2.05. The number of thiophene rings is 2. The van der Waals surface area contributed by atoms with E-state index in [1.807, 2.05) is 6.92 Å². The predicted octanol–water partition coefficient (Wildman–Crippen LogP) is 4.16. The van der Waals surface area contributed by atoms with E-state index in [0.29, 0.717) is 15.4 Å². The van der Waals surface area contributed by atoms with Crippen LogP contribution in [0.15, 0.2) is 18.2 Å². The first-order valence-corrected chi connectivity index (χ1v) is 8.97. The highest BCUT2D eigenvalue weighted by Crippen LogP contribution is 2.33. The van der Waals surface area contributed by atoms with Gasteiger partial charge < -0.3 is 10.1 Å². The van der Waals surface area contributed by atoms with E-state index in [4.69, 9.17) is 4.74 Å². The molecular weight excluding hydrogens is 364 g/mol. The second-order valence-corrected chi connectivity index (χ2v) is 7.28. The molecule has 0 saturated carbocycles. The van der Waals surface area contributed by atoms with Crippen LogP contribution in [-0.2, 0) is 9.53 Å². The Morgan fingerprint density at radius 3 is 2.64 bits per heavy atom. The minimum absolute atomic E-state index is 0.00848. The molecule has 0 unspecified atom stereocenters. The maximum absolute atomic E-state index is 12.1. The van der Waals surface area contributed by atoms with Crippen molar-refractivity contribution in [3.05, 3.63) is 49.2 Å². The van der Waals surface area contributed by atoms with Crippen molar-refractivity contribution in [2.75, 3.05) is 11.9 Å². The van der Waals surface area contributed by atoms with E-state index in [9.17, 15) is 19.7 Å². The molecule has 0 spiro atoms. The summed E-state index contributed by atoms with van der Waals surface area (Å²) in [6, 6.07) is 2.95. The highest BCUT2D eigenvalue weighted by molar-refractivity contribution is 7.17. The third kappa shape index (κ3) is 4.52. The average molecular weight is 380 g/mol. The lowest BCUT2D eigenvalue weighted by Crippen LogP contribution is -2.12. The third-order valence-corrected chi connectivity index (χ3v) is 5.42. The van der Waals surface area contributed by atoms with Crippen molar-refractivity contribution in [1.82, 2.24) is 0 Å². The van der Waals surface area contributed by atoms with Crippen LogP contribution >= 0.6 is 22.7 Å². The van der Waals surface area contributed by atoms with Gasteiger partial charge in [0.25, 0.3) is 0 Å². The summed E-state index contributed by atoms with van der Waals surface area (Å²) in [4.78, 5) is 35.9. The Kier molecular flexibility index (Phi) is 6.05. The van der Waals surface area contributed by atoms with Crippen LogP contribution in [0.25, 0.3) is 6.08 Å². The number of carbonyl (C=O) groups excluding carboxylic acids is 2. The van der Waals surface area contributed by atoms with Gasteiger partial charge in [-0.05, 0) is 38.5 Å². The Balaban J connectivity index is 2.14. The largest absolute Gasteiger partial charge is 0.462 e. The number of aryl methyl sites for hydroxylation is 1. The van der Waals surface area contributed by atoms with E-state index >= 15 is 0 Å². The fraction of sp³-hybridized carbons (Fsp3) is 0.250. The van der Waals surface area contributed by atoms with E-state index in [-0.39, 0.29) is 11.6 Å². The fourth-order valence-corrected chi connectivity index (χ4v) is 3.78. The molecule has 1 amide bonds. The van der Waals surface area contributed by atoms with Crippen molar-refractivity contribution >= 4 is 50.6 Å². The van der Waals surface area contributed by atoms with Crippen molar-refractivity contribution in [2.24, 2.45) is 0 Å². The van der Waals surface area contributed by atoms with Crippen LogP contribution in [0.4, 0.5) is 10.0 Å². The number of hydrogen-bond acceptors (Lipinski definition) is 7.